The fourth-order valence-corrected chi connectivity index (χ4v) is 3.80. The van der Waals surface area contributed by atoms with E-state index in [1.807, 2.05) is 30.6 Å². The van der Waals surface area contributed by atoms with Crippen LogP contribution in [0.5, 0.6) is 0 Å². The molecule has 1 N–H and O–H groups in total. The Morgan fingerprint density at radius 1 is 0.931 bits per heavy atom. The predicted molar refractivity (Wildman–Crippen MR) is 112 cm³/mol. The molecule has 0 fully saturated rings. The number of imidazole rings is 1. The second-order valence-corrected chi connectivity index (χ2v) is 7.22. The van der Waals surface area contributed by atoms with Crippen LogP contribution in [0, 0.1) is 0 Å². The molecule has 0 amide bonds. The molecule has 1 aliphatic carbocycles. The lowest BCUT2D eigenvalue weighted by molar-refractivity contribution is 0.734. The van der Waals surface area contributed by atoms with Gasteiger partial charge in [0.25, 0.3) is 0 Å². The van der Waals surface area contributed by atoms with Gasteiger partial charge in [-0.15, -0.1) is 0 Å². The first-order valence-corrected chi connectivity index (χ1v) is 9.95. The number of nitrogens with zero attached hydrogens (tertiary/aromatic N) is 5. The summed E-state index contributed by atoms with van der Waals surface area (Å²) in [6, 6.07) is 14.3. The molecule has 0 radical (unpaired) electrons. The zero-order valence-corrected chi connectivity index (χ0v) is 16.1. The fourth-order valence-electron chi connectivity index (χ4n) is 3.80. The Morgan fingerprint density at radius 3 is 2.66 bits per heavy atom. The minimum Gasteiger partial charge on any atom is -0.362 e. The van der Waals surface area contributed by atoms with Crippen molar-refractivity contribution in [2.24, 2.45) is 0 Å². The number of benzene rings is 1. The van der Waals surface area contributed by atoms with Gasteiger partial charge in [0, 0.05) is 48.2 Å². The van der Waals surface area contributed by atoms with Gasteiger partial charge in [-0.3, -0.25) is 4.98 Å². The van der Waals surface area contributed by atoms with E-state index in [4.69, 9.17) is 9.97 Å². The molecule has 0 saturated carbocycles. The largest absolute Gasteiger partial charge is 0.362 e. The maximum Gasteiger partial charge on any atom is 0.161 e. The van der Waals surface area contributed by atoms with Crippen LogP contribution in [0.2, 0.25) is 0 Å². The number of hydrogen-bond acceptors (Lipinski definition) is 5. The van der Waals surface area contributed by atoms with Gasteiger partial charge in [-0.25, -0.2) is 15.0 Å². The van der Waals surface area contributed by atoms with E-state index in [2.05, 4.69) is 44.1 Å². The third-order valence-electron chi connectivity index (χ3n) is 5.28. The molecule has 0 spiro atoms. The average molecular weight is 382 g/mol. The summed E-state index contributed by atoms with van der Waals surface area (Å²) in [5, 5.41) is 3.53. The molecule has 144 valence electrons. The molecule has 1 aromatic carbocycles. The topological polar surface area (TPSA) is 68.5 Å². The van der Waals surface area contributed by atoms with Gasteiger partial charge in [0.2, 0.25) is 0 Å². The van der Waals surface area contributed by atoms with Crippen LogP contribution in [0.4, 0.5) is 5.82 Å². The second-order valence-electron chi connectivity index (χ2n) is 7.22. The van der Waals surface area contributed by atoms with E-state index in [0.29, 0.717) is 6.54 Å². The first-order valence-electron chi connectivity index (χ1n) is 9.95. The number of fused-ring (bicyclic) bond motifs is 1. The number of rotatable bonds is 6. The molecule has 0 atom stereocenters. The zero-order valence-electron chi connectivity index (χ0n) is 16.1. The van der Waals surface area contributed by atoms with E-state index in [9.17, 15) is 0 Å². The normalized spacial score (nSPS) is 12.7. The second kappa shape index (κ2) is 7.83. The highest BCUT2D eigenvalue weighted by Crippen LogP contribution is 2.29. The van der Waals surface area contributed by atoms with Crippen LogP contribution >= 0.6 is 0 Å². The van der Waals surface area contributed by atoms with Crippen molar-refractivity contribution in [3.8, 4) is 11.4 Å². The van der Waals surface area contributed by atoms with Crippen molar-refractivity contribution in [1.29, 1.82) is 0 Å². The Balaban J connectivity index is 1.39. The van der Waals surface area contributed by atoms with Crippen LogP contribution in [0.15, 0.2) is 67.3 Å². The summed E-state index contributed by atoms with van der Waals surface area (Å²) in [6.07, 6.45) is 10.6. The monoisotopic (exact) mass is 382 g/mol. The minimum atomic E-state index is 0.624. The number of hydrogen-bond donors (Lipinski definition) is 1. The number of nitrogens with one attached hydrogen (secondary N) is 1. The Labute approximate surface area is 169 Å². The molecule has 6 nitrogen and oxygen atoms in total. The first kappa shape index (κ1) is 17.6. The first-order chi connectivity index (χ1) is 14.4. The molecule has 6 heteroatoms. The summed E-state index contributed by atoms with van der Waals surface area (Å²) >= 11 is 0. The van der Waals surface area contributed by atoms with Crippen LogP contribution in [-0.4, -0.2) is 24.5 Å². The van der Waals surface area contributed by atoms with Gasteiger partial charge < -0.3 is 9.88 Å². The molecular weight excluding hydrogens is 360 g/mol. The van der Waals surface area contributed by atoms with Gasteiger partial charge >= 0.3 is 0 Å². The van der Waals surface area contributed by atoms with Crippen molar-refractivity contribution in [2.75, 3.05) is 5.32 Å². The number of aryl methyl sites for hydroxylation is 1. The Bertz CT molecular complexity index is 1100. The van der Waals surface area contributed by atoms with Gasteiger partial charge in [0.1, 0.15) is 11.6 Å². The average Bonchev–Trinajstić information content (AvgIpc) is 3.42. The fraction of sp³-hybridized carbons (Fsp3) is 0.217. The van der Waals surface area contributed by atoms with Crippen LogP contribution in [0.1, 0.15) is 29.1 Å². The van der Waals surface area contributed by atoms with Gasteiger partial charge in [0.05, 0.1) is 6.54 Å². The van der Waals surface area contributed by atoms with Crippen LogP contribution in [0.3, 0.4) is 0 Å². The summed E-state index contributed by atoms with van der Waals surface area (Å²) in [7, 11) is 0. The molecule has 0 aliphatic heterocycles. The lowest BCUT2D eigenvalue weighted by Crippen LogP contribution is -2.12. The Morgan fingerprint density at radius 2 is 1.79 bits per heavy atom. The number of anilines is 1. The van der Waals surface area contributed by atoms with E-state index in [1.165, 1.54) is 11.1 Å². The molecule has 0 saturated heterocycles. The molecular formula is C23H22N6. The lowest BCUT2D eigenvalue weighted by Gasteiger charge is -2.13. The summed E-state index contributed by atoms with van der Waals surface area (Å²) in [6.45, 7) is 1.43. The molecule has 5 rings (SSSR count). The van der Waals surface area contributed by atoms with E-state index in [-0.39, 0.29) is 0 Å². The van der Waals surface area contributed by atoms with Crippen molar-refractivity contribution in [3.63, 3.8) is 0 Å². The highest BCUT2D eigenvalue weighted by Gasteiger charge is 2.20. The Kier molecular flexibility index (Phi) is 4.74. The molecule has 3 heterocycles. The summed E-state index contributed by atoms with van der Waals surface area (Å²) < 4.78 is 2.17. The van der Waals surface area contributed by atoms with E-state index >= 15 is 0 Å². The molecule has 4 aromatic rings. The minimum absolute atomic E-state index is 0.624. The zero-order chi connectivity index (χ0) is 19.5. The number of pyridine rings is 1. The van der Waals surface area contributed by atoms with Crippen molar-refractivity contribution in [3.05, 3.63) is 89.9 Å². The van der Waals surface area contributed by atoms with Gasteiger partial charge in [-0.05, 0) is 37.0 Å². The molecule has 1 aliphatic rings. The predicted octanol–water partition coefficient (Wildman–Crippen LogP) is 3.88. The number of aromatic nitrogens is 5. The van der Waals surface area contributed by atoms with Crippen molar-refractivity contribution >= 4 is 5.82 Å². The molecule has 0 bridgehead atoms. The quantitative estimate of drug-likeness (QED) is 0.548. The standard InChI is InChI=1S/C23H22N6/c1-2-5-17(6-3-1)16-29-14-13-25-21(29)15-26-23-19-7-4-8-20(19)27-22(28-23)18-9-11-24-12-10-18/h1-3,5-6,9-14H,4,7-8,15-16H2,(H,26,27,28). The molecule has 3 aromatic heterocycles. The third kappa shape index (κ3) is 3.74. The van der Waals surface area contributed by atoms with E-state index < -0.39 is 0 Å². The summed E-state index contributed by atoms with van der Waals surface area (Å²) in [4.78, 5) is 18.3. The third-order valence-corrected chi connectivity index (χ3v) is 5.28. The van der Waals surface area contributed by atoms with Crippen molar-refractivity contribution < 1.29 is 0 Å². The lowest BCUT2D eigenvalue weighted by atomic mass is 10.2. The molecule has 29 heavy (non-hydrogen) atoms. The van der Waals surface area contributed by atoms with E-state index in [1.54, 1.807) is 12.4 Å². The van der Waals surface area contributed by atoms with Gasteiger partial charge in [-0.2, -0.15) is 0 Å². The van der Waals surface area contributed by atoms with E-state index in [0.717, 1.165) is 54.5 Å². The highest BCUT2D eigenvalue weighted by molar-refractivity contribution is 5.60. The van der Waals surface area contributed by atoms with Crippen molar-refractivity contribution in [1.82, 2.24) is 24.5 Å². The van der Waals surface area contributed by atoms with Crippen LogP contribution in [-0.2, 0) is 25.9 Å². The molecule has 0 unspecified atom stereocenters. The smallest absolute Gasteiger partial charge is 0.161 e. The Hall–Kier alpha value is -3.54. The highest BCUT2D eigenvalue weighted by atomic mass is 15.1. The van der Waals surface area contributed by atoms with Crippen molar-refractivity contribution in [2.45, 2.75) is 32.4 Å². The van der Waals surface area contributed by atoms with Gasteiger partial charge in [-0.1, -0.05) is 30.3 Å². The SMILES string of the molecule is c1ccc(Cn2ccnc2CNc2nc(-c3ccncc3)nc3c2CCC3)cc1. The van der Waals surface area contributed by atoms with Crippen LogP contribution < -0.4 is 5.32 Å². The maximum absolute atomic E-state index is 4.84. The van der Waals surface area contributed by atoms with Crippen LogP contribution in [0.25, 0.3) is 11.4 Å². The van der Waals surface area contributed by atoms with Gasteiger partial charge in [0.15, 0.2) is 5.82 Å². The maximum atomic E-state index is 4.84. The summed E-state index contributed by atoms with van der Waals surface area (Å²) in [5.74, 6) is 2.67. The summed E-state index contributed by atoms with van der Waals surface area (Å²) in [5.41, 5.74) is 4.64.